The predicted octanol–water partition coefficient (Wildman–Crippen LogP) is 4.14. The molecular weight excluding hydrogens is 461 g/mol. The minimum atomic E-state index is -0.576. The molecular formula is C21H31ClFN3O3S2. The smallest absolute Gasteiger partial charge is 0.293 e. The Kier molecular flexibility index (Phi) is 15.1. The van der Waals surface area contributed by atoms with Gasteiger partial charge in [-0.15, -0.1) is 11.3 Å². The standard InChI is InChI=1S/C21H31ClFN3O3S2/c1-3-5-18(25-10-12-30-11-4-2)17(23)8-9-24-13-16(29-15-27)14-26-21(28)19-6-7-20(22)31-19/h5-8,15-16,24-25H,3-4,9-14H2,1-2H3,(H,26,28)/b17-8+,18-5+. The third-order valence-electron chi connectivity index (χ3n) is 3.91. The van der Waals surface area contributed by atoms with Crippen LogP contribution in [0.15, 0.2) is 35.8 Å². The van der Waals surface area contributed by atoms with Crippen molar-refractivity contribution >= 4 is 47.1 Å². The fourth-order valence-electron chi connectivity index (χ4n) is 2.46. The van der Waals surface area contributed by atoms with Crippen LogP contribution in [0.2, 0.25) is 4.34 Å². The summed E-state index contributed by atoms with van der Waals surface area (Å²) in [6.07, 6.45) is 4.54. The van der Waals surface area contributed by atoms with E-state index in [2.05, 4.69) is 22.9 Å². The number of halogens is 2. The maximum atomic E-state index is 14.5. The van der Waals surface area contributed by atoms with Gasteiger partial charge in [0.25, 0.3) is 12.4 Å². The average Bonchev–Trinajstić information content (AvgIpc) is 3.20. The van der Waals surface area contributed by atoms with E-state index in [9.17, 15) is 14.0 Å². The molecule has 0 aliphatic rings. The Bertz CT molecular complexity index is 728. The van der Waals surface area contributed by atoms with E-state index in [-0.39, 0.29) is 31.4 Å². The first-order chi connectivity index (χ1) is 15.0. The van der Waals surface area contributed by atoms with Crippen molar-refractivity contribution in [2.24, 2.45) is 0 Å². The summed E-state index contributed by atoms with van der Waals surface area (Å²) < 4.78 is 20.0. The lowest BCUT2D eigenvalue weighted by Gasteiger charge is -2.16. The molecule has 0 radical (unpaired) electrons. The van der Waals surface area contributed by atoms with Crippen molar-refractivity contribution < 1.29 is 18.7 Å². The van der Waals surface area contributed by atoms with Crippen LogP contribution in [0.3, 0.4) is 0 Å². The van der Waals surface area contributed by atoms with Gasteiger partial charge in [-0.3, -0.25) is 9.59 Å². The number of carbonyl (C=O) groups is 2. The number of thiophene rings is 1. The first kappa shape index (κ1) is 27.5. The Labute approximate surface area is 197 Å². The predicted molar refractivity (Wildman–Crippen MR) is 129 cm³/mol. The van der Waals surface area contributed by atoms with E-state index in [1.807, 2.05) is 24.8 Å². The van der Waals surface area contributed by atoms with Crippen LogP contribution in [0.4, 0.5) is 4.39 Å². The molecule has 1 aromatic heterocycles. The molecule has 0 fully saturated rings. The van der Waals surface area contributed by atoms with Gasteiger partial charge in [-0.2, -0.15) is 11.8 Å². The molecule has 1 amide bonds. The summed E-state index contributed by atoms with van der Waals surface area (Å²) in [7, 11) is 0. The van der Waals surface area contributed by atoms with Crippen LogP contribution in [-0.4, -0.2) is 56.2 Å². The summed E-state index contributed by atoms with van der Waals surface area (Å²) in [4.78, 5) is 23.3. The van der Waals surface area contributed by atoms with Crippen LogP contribution in [0.25, 0.3) is 0 Å². The second-order valence-electron chi connectivity index (χ2n) is 6.44. The molecule has 10 heteroatoms. The van der Waals surface area contributed by atoms with Gasteiger partial charge in [0.1, 0.15) is 11.9 Å². The first-order valence-electron chi connectivity index (χ1n) is 10.2. The van der Waals surface area contributed by atoms with Gasteiger partial charge >= 0.3 is 0 Å². The summed E-state index contributed by atoms with van der Waals surface area (Å²) in [5.41, 5.74) is 0.490. The highest BCUT2D eigenvalue weighted by Gasteiger charge is 2.13. The quantitative estimate of drug-likeness (QED) is 0.173. The topological polar surface area (TPSA) is 79.5 Å². The van der Waals surface area contributed by atoms with Crippen molar-refractivity contribution in [2.45, 2.75) is 32.8 Å². The third-order valence-corrected chi connectivity index (χ3v) is 6.33. The van der Waals surface area contributed by atoms with Gasteiger partial charge in [0.2, 0.25) is 0 Å². The molecule has 0 spiro atoms. The van der Waals surface area contributed by atoms with Crippen molar-refractivity contribution in [2.75, 3.05) is 37.7 Å². The van der Waals surface area contributed by atoms with E-state index in [0.717, 1.165) is 24.3 Å². The molecule has 31 heavy (non-hydrogen) atoms. The number of carbonyl (C=O) groups excluding carboxylic acids is 2. The second-order valence-corrected chi connectivity index (χ2v) is 9.38. The first-order valence-corrected chi connectivity index (χ1v) is 12.6. The Morgan fingerprint density at radius 2 is 2.06 bits per heavy atom. The molecule has 3 N–H and O–H groups in total. The number of allylic oxidation sites excluding steroid dienone is 2. The SMILES string of the molecule is CC/C=C(NCCSCCC)\C(F)=C/CNCC(CNC(=O)c1ccc(Cl)s1)OC=O. The summed E-state index contributed by atoms with van der Waals surface area (Å²) in [5.74, 6) is 1.40. The lowest BCUT2D eigenvalue weighted by molar-refractivity contribution is -0.133. The van der Waals surface area contributed by atoms with E-state index < -0.39 is 6.10 Å². The molecule has 0 bridgehead atoms. The minimum Gasteiger partial charge on any atom is -0.461 e. The molecule has 6 nitrogen and oxygen atoms in total. The van der Waals surface area contributed by atoms with Gasteiger partial charge in [-0.1, -0.05) is 31.5 Å². The Hall–Kier alpha value is -1.55. The maximum absolute atomic E-state index is 14.5. The second kappa shape index (κ2) is 17.1. The van der Waals surface area contributed by atoms with Gasteiger partial charge in [-0.05, 0) is 36.8 Å². The molecule has 1 unspecified atom stereocenters. The molecule has 1 heterocycles. The summed E-state index contributed by atoms with van der Waals surface area (Å²) in [6, 6.07) is 3.27. The number of nitrogens with one attached hydrogen (secondary N) is 3. The lowest BCUT2D eigenvalue weighted by atomic mass is 10.2. The van der Waals surface area contributed by atoms with Crippen LogP contribution in [0, 0.1) is 0 Å². The van der Waals surface area contributed by atoms with Gasteiger partial charge in [0.15, 0.2) is 0 Å². The van der Waals surface area contributed by atoms with Crippen LogP contribution < -0.4 is 16.0 Å². The molecule has 0 aliphatic carbocycles. The molecule has 0 saturated carbocycles. The van der Waals surface area contributed by atoms with Gasteiger partial charge in [0, 0.05) is 25.4 Å². The number of hydrogen-bond donors (Lipinski definition) is 3. The Balaban J connectivity index is 2.42. The largest absolute Gasteiger partial charge is 0.461 e. The van der Waals surface area contributed by atoms with Crippen LogP contribution in [0.1, 0.15) is 36.4 Å². The number of rotatable bonds is 17. The van der Waals surface area contributed by atoms with Crippen LogP contribution >= 0.6 is 34.7 Å². The van der Waals surface area contributed by atoms with Gasteiger partial charge in [0.05, 0.1) is 21.5 Å². The normalized spacial score (nSPS) is 13.0. The van der Waals surface area contributed by atoms with Gasteiger partial charge in [-0.25, -0.2) is 4.39 Å². The Morgan fingerprint density at radius 1 is 1.26 bits per heavy atom. The van der Waals surface area contributed by atoms with E-state index >= 15 is 0 Å². The van der Waals surface area contributed by atoms with Crippen molar-refractivity contribution in [1.29, 1.82) is 0 Å². The zero-order valence-electron chi connectivity index (χ0n) is 17.9. The minimum absolute atomic E-state index is 0.129. The summed E-state index contributed by atoms with van der Waals surface area (Å²) in [5, 5.41) is 8.86. The van der Waals surface area contributed by atoms with E-state index in [0.29, 0.717) is 27.9 Å². The fourth-order valence-corrected chi connectivity index (χ4v) is 4.15. The zero-order valence-corrected chi connectivity index (χ0v) is 20.3. The third kappa shape index (κ3) is 12.2. The van der Waals surface area contributed by atoms with Crippen LogP contribution in [0.5, 0.6) is 0 Å². The van der Waals surface area contributed by atoms with Crippen molar-refractivity contribution in [3.05, 3.63) is 45.0 Å². The molecule has 0 aliphatic heterocycles. The molecule has 1 atom stereocenters. The van der Waals surface area contributed by atoms with Gasteiger partial charge < -0.3 is 20.7 Å². The summed E-state index contributed by atoms with van der Waals surface area (Å²) in [6.45, 7) is 5.78. The average molecular weight is 492 g/mol. The number of thioether (sulfide) groups is 1. The van der Waals surface area contributed by atoms with Crippen molar-refractivity contribution in [3.8, 4) is 0 Å². The molecule has 174 valence electrons. The number of hydrogen-bond acceptors (Lipinski definition) is 7. The van der Waals surface area contributed by atoms with E-state index in [4.69, 9.17) is 16.3 Å². The van der Waals surface area contributed by atoms with E-state index in [1.165, 1.54) is 17.4 Å². The number of amides is 1. The Morgan fingerprint density at radius 3 is 2.71 bits per heavy atom. The number of ether oxygens (including phenoxy) is 1. The van der Waals surface area contributed by atoms with Crippen LogP contribution in [-0.2, 0) is 9.53 Å². The molecule has 1 rings (SSSR count). The maximum Gasteiger partial charge on any atom is 0.293 e. The summed E-state index contributed by atoms with van der Waals surface area (Å²) >= 11 is 8.83. The molecule has 0 saturated heterocycles. The molecule has 0 aromatic carbocycles. The molecule has 1 aromatic rings. The fraction of sp³-hybridized carbons (Fsp3) is 0.524. The monoisotopic (exact) mass is 491 g/mol. The van der Waals surface area contributed by atoms with Crippen molar-refractivity contribution in [3.63, 3.8) is 0 Å². The van der Waals surface area contributed by atoms with E-state index in [1.54, 1.807) is 12.1 Å². The zero-order chi connectivity index (χ0) is 22.9. The highest BCUT2D eigenvalue weighted by Crippen LogP contribution is 2.21. The highest BCUT2D eigenvalue weighted by molar-refractivity contribution is 7.99. The highest BCUT2D eigenvalue weighted by atomic mass is 35.5. The lowest BCUT2D eigenvalue weighted by Crippen LogP contribution is -2.39. The van der Waals surface area contributed by atoms with Crippen molar-refractivity contribution in [1.82, 2.24) is 16.0 Å².